The summed E-state index contributed by atoms with van der Waals surface area (Å²) in [6, 6.07) is 15.4. The van der Waals surface area contributed by atoms with E-state index < -0.39 is 0 Å². The Labute approximate surface area is 160 Å². The molecule has 1 aliphatic rings. The minimum Gasteiger partial charge on any atom is -0.454 e. The third-order valence-electron chi connectivity index (χ3n) is 5.88. The number of aryl methyl sites for hydroxylation is 2. The summed E-state index contributed by atoms with van der Waals surface area (Å²) >= 11 is 0. The second kappa shape index (κ2) is 5.95. The minimum absolute atomic E-state index is 0.149. The lowest BCUT2D eigenvalue weighted by molar-refractivity contribution is 0.590. The zero-order chi connectivity index (χ0) is 18.6. The summed E-state index contributed by atoms with van der Waals surface area (Å²) in [6.07, 6.45) is 6.84. The molecule has 0 radical (unpaired) electrons. The molecule has 136 valence electrons. The molecular formula is C25H25NO. The average molecular weight is 355 g/mol. The van der Waals surface area contributed by atoms with Crippen LogP contribution in [0.5, 0.6) is 0 Å². The van der Waals surface area contributed by atoms with Crippen LogP contribution in [0.4, 0.5) is 0 Å². The highest BCUT2D eigenvalue weighted by Crippen LogP contribution is 2.37. The molecule has 2 aromatic heterocycles. The van der Waals surface area contributed by atoms with Gasteiger partial charge in [0.2, 0.25) is 0 Å². The van der Waals surface area contributed by atoms with Crippen LogP contribution in [0.1, 0.15) is 50.3 Å². The smallest absolute Gasteiger partial charge is 0.161 e. The molecule has 2 nitrogen and oxygen atoms in total. The van der Waals surface area contributed by atoms with E-state index in [9.17, 15) is 0 Å². The molecule has 2 aromatic carbocycles. The Bertz CT molecular complexity index is 1140. The fourth-order valence-electron chi connectivity index (χ4n) is 4.27. The Morgan fingerprint density at radius 2 is 1.56 bits per heavy atom. The van der Waals surface area contributed by atoms with Gasteiger partial charge in [0.1, 0.15) is 11.3 Å². The molecule has 0 fully saturated rings. The van der Waals surface area contributed by atoms with Gasteiger partial charge in [-0.05, 0) is 66.0 Å². The second-order valence-corrected chi connectivity index (χ2v) is 8.79. The Hall–Kier alpha value is -2.61. The summed E-state index contributed by atoms with van der Waals surface area (Å²) in [4.78, 5) is 4.67. The van der Waals surface area contributed by atoms with E-state index in [0.29, 0.717) is 0 Å². The van der Waals surface area contributed by atoms with E-state index >= 15 is 0 Å². The van der Waals surface area contributed by atoms with Crippen molar-refractivity contribution >= 4 is 21.9 Å². The normalized spacial score (nSPS) is 14.6. The summed E-state index contributed by atoms with van der Waals surface area (Å²) in [5, 5.41) is 2.39. The van der Waals surface area contributed by atoms with Crippen LogP contribution in [0.2, 0.25) is 0 Å². The molecule has 0 spiro atoms. The molecule has 2 heteroatoms. The molecule has 4 aromatic rings. The van der Waals surface area contributed by atoms with Crippen molar-refractivity contribution in [2.75, 3.05) is 0 Å². The SMILES string of the molecule is CC(C)(C)c1ccc(-c2nccc3c2oc2cc4c(cc23)CCCC4)cc1. The van der Waals surface area contributed by atoms with Gasteiger partial charge in [0, 0.05) is 22.5 Å². The second-order valence-electron chi connectivity index (χ2n) is 8.79. The van der Waals surface area contributed by atoms with Crippen molar-refractivity contribution in [3.05, 3.63) is 65.4 Å². The molecule has 0 unspecified atom stereocenters. The predicted octanol–water partition coefficient (Wildman–Crippen LogP) is 6.82. The number of hydrogen-bond acceptors (Lipinski definition) is 2. The van der Waals surface area contributed by atoms with Crippen molar-refractivity contribution in [1.82, 2.24) is 4.98 Å². The number of rotatable bonds is 1. The maximum Gasteiger partial charge on any atom is 0.161 e. The van der Waals surface area contributed by atoms with Crippen LogP contribution in [-0.4, -0.2) is 4.98 Å². The standard InChI is InChI=1S/C25H25NO/c1-25(2,3)19-10-8-16(9-11-19)23-24-20(12-13-26-23)21-14-17-6-4-5-7-18(17)15-22(21)27-24/h8-15H,4-7H2,1-3H3. The zero-order valence-corrected chi connectivity index (χ0v) is 16.3. The van der Waals surface area contributed by atoms with Gasteiger partial charge < -0.3 is 4.42 Å². The van der Waals surface area contributed by atoms with Gasteiger partial charge in [-0.15, -0.1) is 0 Å². The first kappa shape index (κ1) is 16.6. The fraction of sp³-hybridized carbons (Fsp3) is 0.320. The third kappa shape index (κ3) is 2.75. The van der Waals surface area contributed by atoms with Crippen LogP contribution in [0.3, 0.4) is 0 Å². The van der Waals surface area contributed by atoms with Crippen LogP contribution in [0.15, 0.2) is 53.1 Å². The van der Waals surface area contributed by atoms with Gasteiger partial charge in [-0.2, -0.15) is 0 Å². The molecule has 0 aliphatic heterocycles. The number of pyridine rings is 1. The van der Waals surface area contributed by atoms with Crippen LogP contribution >= 0.6 is 0 Å². The number of benzene rings is 2. The lowest BCUT2D eigenvalue weighted by Crippen LogP contribution is -2.10. The molecule has 0 atom stereocenters. The van der Waals surface area contributed by atoms with Crippen molar-refractivity contribution in [2.45, 2.75) is 51.9 Å². The molecule has 0 saturated heterocycles. The molecule has 27 heavy (non-hydrogen) atoms. The van der Waals surface area contributed by atoms with Crippen LogP contribution in [-0.2, 0) is 18.3 Å². The van der Waals surface area contributed by atoms with Crippen molar-refractivity contribution in [3.8, 4) is 11.3 Å². The molecule has 2 heterocycles. The van der Waals surface area contributed by atoms with Gasteiger partial charge >= 0.3 is 0 Å². The van der Waals surface area contributed by atoms with Crippen LogP contribution in [0, 0.1) is 0 Å². The number of furan rings is 1. The summed E-state index contributed by atoms with van der Waals surface area (Å²) in [7, 11) is 0. The fourth-order valence-corrected chi connectivity index (χ4v) is 4.27. The monoisotopic (exact) mass is 355 g/mol. The van der Waals surface area contributed by atoms with Crippen molar-refractivity contribution in [1.29, 1.82) is 0 Å². The summed E-state index contributed by atoms with van der Waals surface area (Å²) in [5.74, 6) is 0. The molecular weight excluding hydrogens is 330 g/mol. The number of aromatic nitrogens is 1. The topological polar surface area (TPSA) is 26.0 Å². The van der Waals surface area contributed by atoms with E-state index in [1.165, 1.54) is 53.1 Å². The molecule has 0 N–H and O–H groups in total. The Morgan fingerprint density at radius 3 is 2.26 bits per heavy atom. The largest absolute Gasteiger partial charge is 0.454 e. The summed E-state index contributed by atoms with van der Waals surface area (Å²) in [6.45, 7) is 6.71. The lowest BCUT2D eigenvalue weighted by Gasteiger charge is -2.19. The Morgan fingerprint density at radius 1 is 0.852 bits per heavy atom. The van der Waals surface area contributed by atoms with Gasteiger partial charge in [-0.3, -0.25) is 4.98 Å². The van der Waals surface area contributed by atoms with Gasteiger partial charge in [0.25, 0.3) is 0 Å². The summed E-state index contributed by atoms with van der Waals surface area (Å²) < 4.78 is 6.34. The van der Waals surface area contributed by atoms with Crippen molar-refractivity contribution in [2.24, 2.45) is 0 Å². The maximum absolute atomic E-state index is 6.34. The van der Waals surface area contributed by atoms with Gasteiger partial charge in [0.05, 0.1) is 0 Å². The van der Waals surface area contributed by atoms with E-state index in [4.69, 9.17) is 4.42 Å². The highest BCUT2D eigenvalue weighted by Gasteiger charge is 2.18. The molecule has 5 rings (SSSR count). The first-order valence-corrected chi connectivity index (χ1v) is 9.95. The van der Waals surface area contributed by atoms with E-state index in [0.717, 1.165) is 22.4 Å². The third-order valence-corrected chi connectivity index (χ3v) is 5.88. The number of nitrogens with zero attached hydrogens (tertiary/aromatic N) is 1. The minimum atomic E-state index is 0.149. The molecule has 0 bridgehead atoms. The highest BCUT2D eigenvalue weighted by atomic mass is 16.3. The average Bonchev–Trinajstić information content (AvgIpc) is 3.03. The molecule has 0 amide bonds. The lowest BCUT2D eigenvalue weighted by atomic mass is 9.86. The first-order valence-electron chi connectivity index (χ1n) is 9.95. The highest BCUT2D eigenvalue weighted by molar-refractivity contribution is 6.09. The Balaban J connectivity index is 1.69. The van der Waals surface area contributed by atoms with Crippen LogP contribution in [0.25, 0.3) is 33.2 Å². The number of fused-ring (bicyclic) bond motifs is 4. The van der Waals surface area contributed by atoms with E-state index in [1.54, 1.807) is 0 Å². The molecule has 0 saturated carbocycles. The zero-order valence-electron chi connectivity index (χ0n) is 16.3. The van der Waals surface area contributed by atoms with Gasteiger partial charge in [-0.1, -0.05) is 45.0 Å². The van der Waals surface area contributed by atoms with Gasteiger partial charge in [0.15, 0.2) is 5.58 Å². The van der Waals surface area contributed by atoms with Crippen molar-refractivity contribution in [3.63, 3.8) is 0 Å². The predicted molar refractivity (Wildman–Crippen MR) is 112 cm³/mol. The van der Waals surface area contributed by atoms with E-state index in [2.05, 4.69) is 68.2 Å². The first-order chi connectivity index (χ1) is 13.0. The van der Waals surface area contributed by atoms with E-state index in [-0.39, 0.29) is 5.41 Å². The molecule has 1 aliphatic carbocycles. The quantitative estimate of drug-likeness (QED) is 0.374. The van der Waals surface area contributed by atoms with Crippen molar-refractivity contribution < 1.29 is 4.42 Å². The number of hydrogen-bond donors (Lipinski definition) is 0. The van der Waals surface area contributed by atoms with Gasteiger partial charge in [-0.25, -0.2) is 0 Å². The maximum atomic E-state index is 6.34. The summed E-state index contributed by atoms with van der Waals surface area (Å²) in [5.41, 5.74) is 8.36. The van der Waals surface area contributed by atoms with Crippen LogP contribution < -0.4 is 0 Å². The Kier molecular flexibility index (Phi) is 3.65. The van der Waals surface area contributed by atoms with E-state index in [1.807, 2.05) is 6.20 Å².